The molecule has 1 saturated heterocycles. The van der Waals surface area contributed by atoms with Gasteiger partial charge in [-0.05, 0) is 30.6 Å². The molecule has 138 valence electrons. The Labute approximate surface area is 147 Å². The second-order valence-corrected chi connectivity index (χ2v) is 9.22. The van der Waals surface area contributed by atoms with E-state index < -0.39 is 0 Å². The van der Waals surface area contributed by atoms with E-state index in [2.05, 4.69) is 24.1 Å². The first-order valence-electron chi connectivity index (χ1n) is 9.99. The van der Waals surface area contributed by atoms with Crippen LogP contribution in [0.2, 0.25) is 0 Å². The van der Waals surface area contributed by atoms with Gasteiger partial charge in [-0.1, -0.05) is 39.5 Å². The van der Waals surface area contributed by atoms with Crippen molar-refractivity contribution in [2.75, 3.05) is 39.9 Å². The molecule has 0 aromatic heterocycles. The van der Waals surface area contributed by atoms with E-state index in [0.717, 1.165) is 50.3 Å². The van der Waals surface area contributed by atoms with Crippen LogP contribution in [-0.4, -0.2) is 50.7 Å². The molecule has 3 rings (SSSR count). The summed E-state index contributed by atoms with van der Waals surface area (Å²) in [6, 6.07) is 0. The van der Waals surface area contributed by atoms with Crippen LogP contribution < -0.4 is 5.32 Å². The van der Waals surface area contributed by atoms with E-state index in [9.17, 15) is 4.79 Å². The minimum absolute atomic E-state index is 0.231. The molecule has 0 radical (unpaired) electrons. The molecule has 4 nitrogen and oxygen atoms in total. The molecule has 2 unspecified atom stereocenters. The van der Waals surface area contributed by atoms with Gasteiger partial charge in [-0.15, -0.1) is 0 Å². The number of nitrogens with zero attached hydrogens (tertiary/aromatic N) is 1. The monoisotopic (exact) mass is 336 g/mol. The number of hydrogen-bond donors (Lipinski definition) is 1. The van der Waals surface area contributed by atoms with E-state index in [1.807, 2.05) is 0 Å². The Hall–Kier alpha value is -0.610. The number of piperidine rings is 1. The summed E-state index contributed by atoms with van der Waals surface area (Å²) in [5.41, 5.74) is 0.231. The molecule has 3 atom stereocenters. The van der Waals surface area contributed by atoms with Crippen molar-refractivity contribution in [1.82, 2.24) is 10.2 Å². The molecule has 24 heavy (non-hydrogen) atoms. The van der Waals surface area contributed by atoms with Crippen LogP contribution in [0.5, 0.6) is 0 Å². The summed E-state index contributed by atoms with van der Waals surface area (Å²) in [6.07, 6.45) is 7.30. The maximum Gasteiger partial charge on any atom is 0.223 e. The summed E-state index contributed by atoms with van der Waals surface area (Å²) in [5.74, 6) is 2.99. The zero-order valence-electron chi connectivity index (χ0n) is 15.9. The molecule has 0 aromatic carbocycles. The van der Waals surface area contributed by atoms with Crippen molar-refractivity contribution in [3.63, 3.8) is 0 Å². The summed E-state index contributed by atoms with van der Waals surface area (Å²) >= 11 is 0. The van der Waals surface area contributed by atoms with Crippen molar-refractivity contribution in [2.45, 2.75) is 52.4 Å². The zero-order valence-corrected chi connectivity index (χ0v) is 15.9. The number of amides is 1. The van der Waals surface area contributed by atoms with Gasteiger partial charge in [0, 0.05) is 44.6 Å². The maximum absolute atomic E-state index is 12.4. The zero-order chi connectivity index (χ0) is 17.2. The second-order valence-electron chi connectivity index (χ2n) is 9.22. The molecule has 0 spiro atoms. The smallest absolute Gasteiger partial charge is 0.223 e. The molecule has 1 heterocycles. The summed E-state index contributed by atoms with van der Waals surface area (Å²) in [7, 11) is 1.79. The van der Waals surface area contributed by atoms with Gasteiger partial charge >= 0.3 is 0 Å². The fourth-order valence-electron chi connectivity index (χ4n) is 5.11. The Morgan fingerprint density at radius 3 is 2.33 bits per heavy atom. The largest absolute Gasteiger partial charge is 0.384 e. The molecule has 2 aliphatic carbocycles. The van der Waals surface area contributed by atoms with Crippen LogP contribution in [0.1, 0.15) is 52.4 Å². The van der Waals surface area contributed by atoms with Gasteiger partial charge < -0.3 is 15.0 Å². The first kappa shape index (κ1) is 18.2. The van der Waals surface area contributed by atoms with E-state index in [1.54, 1.807) is 7.11 Å². The van der Waals surface area contributed by atoms with Gasteiger partial charge in [-0.25, -0.2) is 0 Å². The Bertz CT molecular complexity index is 417. The van der Waals surface area contributed by atoms with E-state index >= 15 is 0 Å². The van der Waals surface area contributed by atoms with E-state index in [-0.39, 0.29) is 11.3 Å². The Morgan fingerprint density at radius 1 is 1.12 bits per heavy atom. The fourth-order valence-corrected chi connectivity index (χ4v) is 5.11. The maximum atomic E-state index is 12.4. The molecule has 3 fully saturated rings. The molecule has 0 aromatic rings. The Balaban J connectivity index is 1.35. The van der Waals surface area contributed by atoms with Gasteiger partial charge in [0.15, 0.2) is 0 Å². The summed E-state index contributed by atoms with van der Waals surface area (Å²) in [5, 5.41) is 3.28. The quantitative estimate of drug-likeness (QED) is 0.727. The first-order chi connectivity index (χ1) is 11.5. The number of likely N-dealkylation sites (tertiary alicyclic amines) is 1. The lowest BCUT2D eigenvalue weighted by Crippen LogP contribution is -2.38. The third kappa shape index (κ3) is 4.51. The van der Waals surface area contributed by atoms with Gasteiger partial charge in [-0.2, -0.15) is 0 Å². The number of carbonyl (C=O) groups is 1. The minimum Gasteiger partial charge on any atom is -0.384 e. The van der Waals surface area contributed by atoms with Gasteiger partial charge in [0.1, 0.15) is 0 Å². The van der Waals surface area contributed by atoms with Gasteiger partial charge in [-0.3, -0.25) is 4.79 Å². The van der Waals surface area contributed by atoms with Crippen molar-refractivity contribution >= 4 is 5.91 Å². The highest BCUT2D eigenvalue weighted by Crippen LogP contribution is 2.51. The van der Waals surface area contributed by atoms with Crippen LogP contribution in [0, 0.1) is 29.1 Å². The lowest BCUT2D eigenvalue weighted by molar-refractivity contribution is -0.125. The van der Waals surface area contributed by atoms with Crippen molar-refractivity contribution < 1.29 is 9.53 Å². The summed E-state index contributed by atoms with van der Waals surface area (Å²) in [6.45, 7) is 9.84. The molecule has 1 amide bonds. The van der Waals surface area contributed by atoms with Crippen molar-refractivity contribution in [3.05, 3.63) is 0 Å². The lowest BCUT2D eigenvalue weighted by atomic mass is 9.94. The fraction of sp³-hybridized carbons (Fsp3) is 0.950. The van der Waals surface area contributed by atoms with Crippen molar-refractivity contribution in [2.24, 2.45) is 29.1 Å². The minimum atomic E-state index is 0.231. The predicted octanol–water partition coefficient (Wildman–Crippen LogP) is 2.92. The Kier molecular flexibility index (Phi) is 5.86. The number of carbonyl (C=O) groups excluding carboxylic acids is 1. The predicted molar refractivity (Wildman–Crippen MR) is 96.8 cm³/mol. The second kappa shape index (κ2) is 7.74. The van der Waals surface area contributed by atoms with Gasteiger partial charge in [0.25, 0.3) is 0 Å². The SMILES string of the molecule is COCC(C)(C)CN1CC2C(CNC(=O)C3CCCCCC3)[C@@H]2C1. The van der Waals surface area contributed by atoms with Crippen LogP contribution in [0.25, 0.3) is 0 Å². The van der Waals surface area contributed by atoms with Gasteiger partial charge in [0.05, 0.1) is 6.61 Å². The van der Waals surface area contributed by atoms with Crippen LogP contribution in [-0.2, 0) is 9.53 Å². The topological polar surface area (TPSA) is 41.6 Å². The molecular formula is C20H36N2O2. The standard InChI is InChI=1S/C20H36N2O2/c1-20(2,14-24-3)13-22-11-17-16(18(17)12-22)10-21-19(23)15-8-6-4-5-7-9-15/h15-18H,4-14H2,1-3H3,(H,21,23)/t16?,17-,18?/m0/s1. The number of fused-ring (bicyclic) bond motifs is 1. The Morgan fingerprint density at radius 2 is 1.75 bits per heavy atom. The van der Waals surface area contributed by atoms with E-state index in [1.165, 1.54) is 38.8 Å². The number of nitrogens with one attached hydrogen (secondary N) is 1. The van der Waals surface area contributed by atoms with Crippen LogP contribution in [0.15, 0.2) is 0 Å². The average Bonchev–Trinajstić information content (AvgIpc) is 3.11. The highest BCUT2D eigenvalue weighted by Gasteiger charge is 2.55. The van der Waals surface area contributed by atoms with Crippen LogP contribution >= 0.6 is 0 Å². The molecule has 2 saturated carbocycles. The highest BCUT2D eigenvalue weighted by atomic mass is 16.5. The third-order valence-corrected chi connectivity index (χ3v) is 6.37. The molecule has 1 aliphatic heterocycles. The number of rotatable bonds is 7. The summed E-state index contributed by atoms with van der Waals surface area (Å²) < 4.78 is 5.33. The van der Waals surface area contributed by atoms with Gasteiger partial charge in [0.2, 0.25) is 5.91 Å². The van der Waals surface area contributed by atoms with Crippen molar-refractivity contribution in [1.29, 1.82) is 0 Å². The molecule has 3 aliphatic rings. The molecular weight excluding hydrogens is 300 g/mol. The molecule has 1 N–H and O–H groups in total. The lowest BCUT2D eigenvalue weighted by Gasteiger charge is -2.30. The van der Waals surface area contributed by atoms with Crippen molar-refractivity contribution in [3.8, 4) is 0 Å². The normalized spacial score (nSPS) is 31.5. The molecule has 0 bridgehead atoms. The summed E-state index contributed by atoms with van der Waals surface area (Å²) in [4.78, 5) is 15.0. The van der Waals surface area contributed by atoms with E-state index in [0.29, 0.717) is 5.91 Å². The third-order valence-electron chi connectivity index (χ3n) is 6.37. The van der Waals surface area contributed by atoms with Crippen LogP contribution in [0.3, 0.4) is 0 Å². The number of ether oxygens (including phenoxy) is 1. The van der Waals surface area contributed by atoms with E-state index in [4.69, 9.17) is 4.74 Å². The number of hydrogen-bond acceptors (Lipinski definition) is 3. The highest BCUT2D eigenvalue weighted by molar-refractivity contribution is 5.78. The average molecular weight is 337 g/mol. The first-order valence-corrected chi connectivity index (χ1v) is 9.99. The molecule has 4 heteroatoms. The number of methoxy groups -OCH3 is 1. The van der Waals surface area contributed by atoms with Crippen LogP contribution in [0.4, 0.5) is 0 Å².